The van der Waals surface area contributed by atoms with Gasteiger partial charge in [-0.1, -0.05) is 11.6 Å². The summed E-state index contributed by atoms with van der Waals surface area (Å²) in [5, 5.41) is 4.00. The molecule has 3 rings (SSSR count). The molecule has 0 saturated heterocycles. The Kier molecular flexibility index (Phi) is 6.92. The number of ether oxygens (including phenoxy) is 1. The van der Waals surface area contributed by atoms with Gasteiger partial charge in [0.1, 0.15) is 22.3 Å². The number of nitrogens with one attached hydrogen (secondary N) is 2. The molecule has 0 aliphatic heterocycles. The van der Waals surface area contributed by atoms with Crippen molar-refractivity contribution in [3.05, 3.63) is 63.4 Å². The smallest absolute Gasteiger partial charge is 0.387 e. The maximum atomic E-state index is 14.6. The van der Waals surface area contributed by atoms with Crippen molar-refractivity contribution in [1.82, 2.24) is 4.98 Å². The fourth-order valence-electron chi connectivity index (χ4n) is 2.64. The van der Waals surface area contributed by atoms with Crippen LogP contribution in [0.25, 0.3) is 0 Å². The molecule has 1 aromatic heterocycles. The molecule has 6 nitrogen and oxygen atoms in total. The summed E-state index contributed by atoms with van der Waals surface area (Å²) in [7, 11) is -4.30. The monoisotopic (exact) mass is 495 g/mol. The number of hydrogen-bond donors (Lipinski definition) is 2. The second-order valence-corrected chi connectivity index (χ2v) is 8.95. The molecule has 0 aliphatic carbocycles. The Hall–Kier alpha value is -2.57. The SMILES string of the molecule is C[C@H](Nc1cc(F)c(S(=O)(=O)Nc2cscn2)cc1Cl)c1cc(OC(F)F)ccc1F. The lowest BCUT2D eigenvalue weighted by molar-refractivity contribution is -0.0499. The number of aromatic nitrogens is 1. The Bertz CT molecular complexity index is 1180. The van der Waals surface area contributed by atoms with Crippen molar-refractivity contribution in [1.29, 1.82) is 0 Å². The number of sulfonamides is 1. The van der Waals surface area contributed by atoms with Gasteiger partial charge < -0.3 is 10.1 Å². The third kappa shape index (κ3) is 5.57. The van der Waals surface area contributed by atoms with E-state index in [1.807, 2.05) is 0 Å². The Morgan fingerprint density at radius 2 is 1.90 bits per heavy atom. The van der Waals surface area contributed by atoms with Crippen molar-refractivity contribution < 1.29 is 30.7 Å². The standard InChI is InChI=1S/C18H14ClF4N3O3S2/c1-9(11-4-10(29-18(22)23)2-3-13(11)20)25-15-6-14(21)16(5-12(15)19)31(27,28)26-17-7-30-8-24-17/h2-9,18,25-26H,1H3/t9-/m0/s1. The van der Waals surface area contributed by atoms with Crippen LogP contribution in [-0.4, -0.2) is 20.0 Å². The zero-order valence-electron chi connectivity index (χ0n) is 15.6. The lowest BCUT2D eigenvalue weighted by Crippen LogP contribution is -2.16. The van der Waals surface area contributed by atoms with E-state index in [1.54, 1.807) is 0 Å². The fraction of sp³-hybridized carbons (Fsp3) is 0.167. The van der Waals surface area contributed by atoms with E-state index in [0.717, 1.165) is 41.7 Å². The summed E-state index contributed by atoms with van der Waals surface area (Å²) in [4.78, 5) is 3.06. The number of alkyl halides is 2. The molecule has 166 valence electrons. The normalized spacial score (nSPS) is 12.6. The second kappa shape index (κ2) is 9.28. The van der Waals surface area contributed by atoms with Crippen LogP contribution in [-0.2, 0) is 10.0 Å². The Balaban J connectivity index is 1.85. The molecule has 31 heavy (non-hydrogen) atoms. The molecule has 2 aromatic carbocycles. The molecule has 0 bridgehead atoms. The summed E-state index contributed by atoms with van der Waals surface area (Å²) in [6.07, 6.45) is 0. The molecule has 0 fully saturated rings. The Morgan fingerprint density at radius 1 is 1.16 bits per heavy atom. The topological polar surface area (TPSA) is 80.3 Å². The fourth-order valence-corrected chi connectivity index (χ4v) is 4.57. The first-order valence-electron chi connectivity index (χ1n) is 8.47. The number of nitrogens with zero attached hydrogens (tertiary/aromatic N) is 1. The van der Waals surface area contributed by atoms with Gasteiger partial charge in [-0.15, -0.1) is 11.3 Å². The van der Waals surface area contributed by atoms with Crippen molar-refractivity contribution in [2.45, 2.75) is 24.5 Å². The number of hydrogen-bond acceptors (Lipinski definition) is 6. The third-order valence-electron chi connectivity index (χ3n) is 4.01. The predicted molar refractivity (Wildman–Crippen MR) is 109 cm³/mol. The van der Waals surface area contributed by atoms with Crippen LogP contribution in [0.2, 0.25) is 5.02 Å². The molecule has 1 heterocycles. The van der Waals surface area contributed by atoms with Gasteiger partial charge in [0.15, 0.2) is 5.82 Å². The summed E-state index contributed by atoms with van der Waals surface area (Å²) in [5.41, 5.74) is 1.33. The van der Waals surface area contributed by atoms with Gasteiger partial charge >= 0.3 is 6.61 Å². The van der Waals surface area contributed by atoms with Crippen molar-refractivity contribution in [2.24, 2.45) is 0 Å². The van der Waals surface area contributed by atoms with Gasteiger partial charge in [0.05, 0.1) is 22.3 Å². The average Bonchev–Trinajstić information content (AvgIpc) is 3.17. The first-order valence-corrected chi connectivity index (χ1v) is 11.3. The Labute approximate surface area is 183 Å². The molecule has 13 heteroatoms. The first kappa shape index (κ1) is 23.1. The second-order valence-electron chi connectivity index (χ2n) is 6.17. The van der Waals surface area contributed by atoms with Gasteiger partial charge in [-0.05, 0) is 37.3 Å². The van der Waals surface area contributed by atoms with E-state index in [-0.39, 0.29) is 27.8 Å². The van der Waals surface area contributed by atoms with Crippen LogP contribution in [0, 0.1) is 11.6 Å². The molecular formula is C18H14ClF4N3O3S2. The zero-order chi connectivity index (χ0) is 22.8. The molecule has 1 atom stereocenters. The van der Waals surface area contributed by atoms with Crippen LogP contribution in [0.5, 0.6) is 5.75 Å². The highest BCUT2D eigenvalue weighted by atomic mass is 35.5. The number of thiazole rings is 1. The van der Waals surface area contributed by atoms with E-state index < -0.39 is 39.2 Å². The van der Waals surface area contributed by atoms with E-state index in [0.29, 0.717) is 0 Å². The van der Waals surface area contributed by atoms with Crippen LogP contribution in [0.3, 0.4) is 0 Å². The predicted octanol–water partition coefficient (Wildman–Crippen LogP) is 5.65. The summed E-state index contributed by atoms with van der Waals surface area (Å²) < 4.78 is 84.7. The van der Waals surface area contributed by atoms with E-state index in [4.69, 9.17) is 11.6 Å². The first-order chi connectivity index (χ1) is 14.6. The molecule has 0 spiro atoms. The number of benzene rings is 2. The molecule has 0 saturated carbocycles. The van der Waals surface area contributed by atoms with Gasteiger partial charge in [0, 0.05) is 10.9 Å². The van der Waals surface area contributed by atoms with Crippen molar-refractivity contribution in [3.8, 4) is 5.75 Å². The number of halogens is 5. The van der Waals surface area contributed by atoms with E-state index >= 15 is 0 Å². The highest BCUT2D eigenvalue weighted by molar-refractivity contribution is 7.92. The zero-order valence-corrected chi connectivity index (χ0v) is 18.0. The summed E-state index contributed by atoms with van der Waals surface area (Å²) in [6.45, 7) is -1.61. The van der Waals surface area contributed by atoms with Crippen LogP contribution in [0.1, 0.15) is 18.5 Å². The summed E-state index contributed by atoms with van der Waals surface area (Å²) >= 11 is 7.25. The summed E-state index contributed by atoms with van der Waals surface area (Å²) in [6, 6.07) is 3.94. The van der Waals surface area contributed by atoms with Crippen LogP contribution >= 0.6 is 22.9 Å². The lowest BCUT2D eigenvalue weighted by atomic mass is 10.1. The van der Waals surface area contributed by atoms with E-state index in [2.05, 4.69) is 19.8 Å². The van der Waals surface area contributed by atoms with Gasteiger partial charge in [0.2, 0.25) is 0 Å². The molecule has 2 N–H and O–H groups in total. The van der Waals surface area contributed by atoms with Crippen LogP contribution in [0.4, 0.5) is 29.1 Å². The number of anilines is 2. The maximum absolute atomic E-state index is 14.6. The molecule has 3 aromatic rings. The minimum Gasteiger partial charge on any atom is -0.435 e. The minimum absolute atomic E-state index is 0.0257. The highest BCUT2D eigenvalue weighted by Gasteiger charge is 2.23. The van der Waals surface area contributed by atoms with Gasteiger partial charge in [-0.2, -0.15) is 8.78 Å². The van der Waals surface area contributed by atoms with Crippen LogP contribution in [0.15, 0.2) is 46.1 Å². The molecule has 0 aliphatic rings. The van der Waals surface area contributed by atoms with E-state index in [1.165, 1.54) is 17.8 Å². The van der Waals surface area contributed by atoms with Gasteiger partial charge in [0.25, 0.3) is 10.0 Å². The highest BCUT2D eigenvalue weighted by Crippen LogP contribution is 2.33. The molecule has 0 radical (unpaired) electrons. The third-order valence-corrected chi connectivity index (χ3v) is 6.28. The lowest BCUT2D eigenvalue weighted by Gasteiger charge is -2.19. The molecular weight excluding hydrogens is 482 g/mol. The maximum Gasteiger partial charge on any atom is 0.387 e. The minimum atomic E-state index is -4.30. The number of rotatable bonds is 8. The molecule has 0 unspecified atom stereocenters. The quantitative estimate of drug-likeness (QED) is 0.395. The van der Waals surface area contributed by atoms with Crippen molar-refractivity contribution >= 4 is 44.5 Å². The van der Waals surface area contributed by atoms with Crippen LogP contribution < -0.4 is 14.8 Å². The summed E-state index contributed by atoms with van der Waals surface area (Å²) in [5.74, 6) is -2.06. The van der Waals surface area contributed by atoms with Gasteiger partial charge in [-0.3, -0.25) is 4.72 Å². The largest absolute Gasteiger partial charge is 0.435 e. The average molecular weight is 496 g/mol. The van der Waals surface area contributed by atoms with Crippen molar-refractivity contribution in [3.63, 3.8) is 0 Å². The van der Waals surface area contributed by atoms with Gasteiger partial charge in [-0.25, -0.2) is 22.2 Å². The van der Waals surface area contributed by atoms with Crippen molar-refractivity contribution in [2.75, 3.05) is 10.0 Å². The Morgan fingerprint density at radius 3 is 2.55 bits per heavy atom. The van der Waals surface area contributed by atoms with E-state index in [9.17, 15) is 26.0 Å². The molecule has 0 amide bonds.